The Morgan fingerprint density at radius 2 is 2.16 bits per heavy atom. The summed E-state index contributed by atoms with van der Waals surface area (Å²) in [5.41, 5.74) is 3.11. The average Bonchev–Trinajstić information content (AvgIpc) is 2.88. The van der Waals surface area contributed by atoms with E-state index >= 15 is 0 Å². The van der Waals surface area contributed by atoms with Gasteiger partial charge in [-0.1, -0.05) is 26.0 Å². The molecule has 1 fully saturated rings. The van der Waals surface area contributed by atoms with Crippen molar-refractivity contribution in [3.05, 3.63) is 52.9 Å². The Morgan fingerprint density at radius 3 is 2.92 bits per heavy atom. The van der Waals surface area contributed by atoms with E-state index in [1.807, 2.05) is 18.3 Å². The molecule has 1 saturated heterocycles. The van der Waals surface area contributed by atoms with Gasteiger partial charge in [0, 0.05) is 48.3 Å². The summed E-state index contributed by atoms with van der Waals surface area (Å²) in [6, 6.07) is 6.10. The van der Waals surface area contributed by atoms with Gasteiger partial charge in [0.15, 0.2) is 11.6 Å². The summed E-state index contributed by atoms with van der Waals surface area (Å²) in [6.07, 6.45) is 5.15. The Bertz CT molecular complexity index is 793. The van der Waals surface area contributed by atoms with Gasteiger partial charge in [-0.3, -0.25) is 4.90 Å². The van der Waals surface area contributed by atoms with Crippen LogP contribution in [-0.4, -0.2) is 28.0 Å². The lowest BCUT2D eigenvalue weighted by Crippen LogP contribution is -2.38. The molecule has 0 spiro atoms. The summed E-state index contributed by atoms with van der Waals surface area (Å²) < 4.78 is 19.7. The molecule has 2 aliphatic heterocycles. The third-order valence-corrected chi connectivity index (χ3v) is 5.48. The molecule has 0 aliphatic carbocycles. The molecule has 0 unspecified atom stereocenters. The summed E-state index contributed by atoms with van der Waals surface area (Å²) in [6.45, 7) is 4.85. The highest BCUT2D eigenvalue weighted by molar-refractivity contribution is 5.33. The SMILES string of the molecule is COc1cccc(CN2[C@H]3CC[C@@H]2c2cnc(C(C)C)nc2C3)c1F. The van der Waals surface area contributed by atoms with Gasteiger partial charge in [-0.2, -0.15) is 0 Å². The summed E-state index contributed by atoms with van der Waals surface area (Å²) in [4.78, 5) is 11.8. The quantitative estimate of drug-likeness (QED) is 0.842. The topological polar surface area (TPSA) is 38.2 Å². The Labute approximate surface area is 148 Å². The summed E-state index contributed by atoms with van der Waals surface area (Å²) in [5.74, 6) is 1.33. The van der Waals surface area contributed by atoms with E-state index in [4.69, 9.17) is 9.72 Å². The average molecular weight is 341 g/mol. The number of fused-ring (bicyclic) bond motifs is 4. The van der Waals surface area contributed by atoms with E-state index < -0.39 is 0 Å². The summed E-state index contributed by atoms with van der Waals surface area (Å²) in [7, 11) is 1.51. The van der Waals surface area contributed by atoms with Crippen LogP contribution < -0.4 is 4.74 Å². The van der Waals surface area contributed by atoms with E-state index in [1.54, 1.807) is 6.07 Å². The maximum Gasteiger partial charge on any atom is 0.169 e. The van der Waals surface area contributed by atoms with Crippen LogP contribution in [0.2, 0.25) is 0 Å². The predicted molar refractivity (Wildman–Crippen MR) is 94.1 cm³/mol. The number of nitrogens with zero attached hydrogens (tertiary/aromatic N) is 3. The van der Waals surface area contributed by atoms with Crippen LogP contribution in [0.3, 0.4) is 0 Å². The van der Waals surface area contributed by atoms with Gasteiger partial charge in [-0.15, -0.1) is 0 Å². The van der Waals surface area contributed by atoms with Crippen LogP contribution in [0.4, 0.5) is 4.39 Å². The van der Waals surface area contributed by atoms with Gasteiger partial charge in [-0.05, 0) is 18.9 Å². The lowest BCUT2D eigenvalue weighted by molar-refractivity contribution is 0.163. The first-order valence-electron chi connectivity index (χ1n) is 9.01. The number of benzene rings is 1. The maximum absolute atomic E-state index is 14.6. The standard InChI is InChI=1S/C20H24FN3O/c1-12(2)20-22-10-15-16(23-20)9-14-7-8-17(15)24(14)11-13-5-4-6-18(25-3)19(13)21/h4-6,10,12,14,17H,7-9,11H2,1-3H3/t14-,17+/m0/s1. The van der Waals surface area contributed by atoms with Crippen molar-refractivity contribution in [2.45, 2.75) is 57.7 Å². The molecule has 132 valence electrons. The van der Waals surface area contributed by atoms with Crippen molar-refractivity contribution in [2.24, 2.45) is 0 Å². The van der Waals surface area contributed by atoms with Crippen LogP contribution in [0.1, 0.15) is 61.3 Å². The highest BCUT2D eigenvalue weighted by atomic mass is 19.1. The second kappa shape index (κ2) is 6.37. The van der Waals surface area contributed by atoms with Gasteiger partial charge in [0.2, 0.25) is 0 Å². The zero-order chi connectivity index (χ0) is 17.6. The van der Waals surface area contributed by atoms with Crippen LogP contribution >= 0.6 is 0 Å². The number of halogens is 1. The van der Waals surface area contributed by atoms with Gasteiger partial charge in [0.05, 0.1) is 12.8 Å². The van der Waals surface area contributed by atoms with Crippen LogP contribution in [0.15, 0.2) is 24.4 Å². The minimum absolute atomic E-state index is 0.249. The summed E-state index contributed by atoms with van der Waals surface area (Å²) >= 11 is 0. The second-order valence-electron chi connectivity index (χ2n) is 7.34. The zero-order valence-electron chi connectivity index (χ0n) is 15.0. The zero-order valence-corrected chi connectivity index (χ0v) is 15.0. The summed E-state index contributed by atoms with van der Waals surface area (Å²) in [5, 5.41) is 0. The lowest BCUT2D eigenvalue weighted by Gasteiger charge is -2.36. The Hall–Kier alpha value is -2.01. The van der Waals surface area contributed by atoms with Crippen molar-refractivity contribution in [3.63, 3.8) is 0 Å². The maximum atomic E-state index is 14.6. The first kappa shape index (κ1) is 16.5. The molecule has 25 heavy (non-hydrogen) atoms. The molecule has 2 bridgehead atoms. The fourth-order valence-corrected chi connectivity index (χ4v) is 4.15. The van der Waals surface area contributed by atoms with Crippen molar-refractivity contribution in [1.82, 2.24) is 14.9 Å². The van der Waals surface area contributed by atoms with E-state index in [-0.39, 0.29) is 5.82 Å². The van der Waals surface area contributed by atoms with Crippen LogP contribution in [0, 0.1) is 5.82 Å². The lowest BCUT2D eigenvalue weighted by atomic mass is 9.98. The molecule has 4 rings (SSSR count). The fourth-order valence-electron chi connectivity index (χ4n) is 4.15. The van der Waals surface area contributed by atoms with Gasteiger partial charge < -0.3 is 4.74 Å². The molecule has 4 nitrogen and oxygen atoms in total. The monoisotopic (exact) mass is 341 g/mol. The van der Waals surface area contributed by atoms with Gasteiger partial charge in [-0.25, -0.2) is 14.4 Å². The molecule has 3 heterocycles. The highest BCUT2D eigenvalue weighted by Gasteiger charge is 2.41. The van der Waals surface area contributed by atoms with Gasteiger partial charge in [0.1, 0.15) is 5.82 Å². The number of ether oxygens (including phenoxy) is 1. The third kappa shape index (κ3) is 2.80. The number of methoxy groups -OCH3 is 1. The molecular weight excluding hydrogens is 317 g/mol. The minimum Gasteiger partial charge on any atom is -0.494 e. The molecular formula is C20H24FN3O. The fraction of sp³-hybridized carbons (Fsp3) is 0.500. The van der Waals surface area contributed by atoms with E-state index in [2.05, 4.69) is 23.7 Å². The van der Waals surface area contributed by atoms with E-state index in [0.29, 0.717) is 35.9 Å². The van der Waals surface area contributed by atoms with Crippen LogP contribution in [0.25, 0.3) is 0 Å². The molecule has 0 N–H and O–H groups in total. The Balaban J connectivity index is 1.63. The smallest absolute Gasteiger partial charge is 0.169 e. The van der Waals surface area contributed by atoms with E-state index in [0.717, 1.165) is 25.1 Å². The van der Waals surface area contributed by atoms with Gasteiger partial charge >= 0.3 is 0 Å². The van der Waals surface area contributed by atoms with Crippen LogP contribution in [0.5, 0.6) is 5.75 Å². The first-order chi connectivity index (χ1) is 12.1. The Kier molecular flexibility index (Phi) is 4.20. The van der Waals surface area contributed by atoms with Crippen molar-refractivity contribution < 1.29 is 9.13 Å². The molecule has 1 aromatic carbocycles. The van der Waals surface area contributed by atoms with Crippen molar-refractivity contribution >= 4 is 0 Å². The van der Waals surface area contributed by atoms with Crippen molar-refractivity contribution in [3.8, 4) is 5.75 Å². The van der Waals surface area contributed by atoms with E-state index in [9.17, 15) is 4.39 Å². The molecule has 5 heteroatoms. The minimum atomic E-state index is -0.249. The van der Waals surface area contributed by atoms with Crippen molar-refractivity contribution in [2.75, 3.05) is 7.11 Å². The normalized spacial score (nSPS) is 22.3. The van der Waals surface area contributed by atoms with Crippen LogP contribution in [-0.2, 0) is 13.0 Å². The highest BCUT2D eigenvalue weighted by Crippen LogP contribution is 2.44. The predicted octanol–water partition coefficient (Wildman–Crippen LogP) is 4.01. The van der Waals surface area contributed by atoms with Crippen molar-refractivity contribution in [1.29, 1.82) is 0 Å². The molecule has 2 aromatic rings. The van der Waals surface area contributed by atoms with Gasteiger partial charge in [0.25, 0.3) is 0 Å². The molecule has 2 atom stereocenters. The molecule has 1 aromatic heterocycles. The number of hydrogen-bond donors (Lipinski definition) is 0. The Morgan fingerprint density at radius 1 is 1.32 bits per heavy atom. The number of rotatable bonds is 4. The number of hydrogen-bond acceptors (Lipinski definition) is 4. The molecule has 0 saturated carbocycles. The molecule has 0 radical (unpaired) electrons. The largest absolute Gasteiger partial charge is 0.494 e. The first-order valence-corrected chi connectivity index (χ1v) is 9.01. The molecule has 0 amide bonds. The third-order valence-electron chi connectivity index (χ3n) is 5.48. The molecule has 2 aliphatic rings. The second-order valence-corrected chi connectivity index (χ2v) is 7.34. The number of aromatic nitrogens is 2. The van der Waals surface area contributed by atoms with E-state index in [1.165, 1.54) is 18.4 Å².